The molecule has 2 nitrogen and oxygen atoms in total. The molecule has 1 aliphatic rings. The van der Waals surface area contributed by atoms with E-state index in [9.17, 15) is 4.79 Å². The molecule has 1 amide bonds. The van der Waals surface area contributed by atoms with Crippen LogP contribution in [0.4, 0.5) is 0 Å². The molecule has 1 saturated carbocycles. The summed E-state index contributed by atoms with van der Waals surface area (Å²) in [4.78, 5) is 13.1. The molecule has 0 aliphatic heterocycles. The van der Waals surface area contributed by atoms with Crippen LogP contribution in [-0.2, 0) is 4.79 Å². The zero-order valence-corrected chi connectivity index (χ0v) is 11.9. The molecule has 0 bridgehead atoms. The SMILES string of the molecule is O=C(CSc1ccccc1)NC1(CCl)CCCC1. The van der Waals surface area contributed by atoms with Crippen LogP contribution in [0.1, 0.15) is 25.7 Å². The Hall–Kier alpha value is -0.670. The summed E-state index contributed by atoms with van der Waals surface area (Å²) in [5.41, 5.74) is -0.143. The van der Waals surface area contributed by atoms with E-state index in [2.05, 4.69) is 5.32 Å². The third-order valence-corrected chi connectivity index (χ3v) is 4.86. The van der Waals surface area contributed by atoms with E-state index >= 15 is 0 Å². The largest absolute Gasteiger partial charge is 0.349 e. The van der Waals surface area contributed by atoms with Crippen molar-refractivity contribution in [3.63, 3.8) is 0 Å². The van der Waals surface area contributed by atoms with Crippen molar-refractivity contribution in [2.75, 3.05) is 11.6 Å². The van der Waals surface area contributed by atoms with Gasteiger partial charge in [0, 0.05) is 10.8 Å². The van der Waals surface area contributed by atoms with Crippen LogP contribution in [0.3, 0.4) is 0 Å². The first kappa shape index (κ1) is 13.8. The van der Waals surface area contributed by atoms with Crippen LogP contribution in [0.25, 0.3) is 0 Å². The summed E-state index contributed by atoms with van der Waals surface area (Å²) in [6.45, 7) is 0. The molecule has 0 spiro atoms. The van der Waals surface area contributed by atoms with Crippen LogP contribution >= 0.6 is 23.4 Å². The molecular formula is C14H18ClNOS. The number of carbonyl (C=O) groups excluding carboxylic acids is 1. The third-order valence-electron chi connectivity index (χ3n) is 3.33. The molecule has 4 heteroatoms. The van der Waals surface area contributed by atoms with Gasteiger partial charge in [0.15, 0.2) is 0 Å². The molecule has 0 aromatic heterocycles. The number of hydrogen-bond acceptors (Lipinski definition) is 2. The van der Waals surface area contributed by atoms with Crippen molar-refractivity contribution in [2.24, 2.45) is 0 Å². The van der Waals surface area contributed by atoms with Gasteiger partial charge in [-0.3, -0.25) is 4.79 Å². The summed E-state index contributed by atoms with van der Waals surface area (Å²) in [5, 5.41) is 3.12. The Morgan fingerprint density at radius 3 is 2.56 bits per heavy atom. The monoisotopic (exact) mass is 283 g/mol. The lowest BCUT2D eigenvalue weighted by molar-refractivity contribution is -0.120. The van der Waals surface area contributed by atoms with Gasteiger partial charge in [0.1, 0.15) is 0 Å². The number of benzene rings is 1. The zero-order chi connectivity index (χ0) is 12.8. The Morgan fingerprint density at radius 2 is 1.94 bits per heavy atom. The van der Waals surface area contributed by atoms with Crippen molar-refractivity contribution in [2.45, 2.75) is 36.1 Å². The molecule has 2 rings (SSSR count). The quantitative estimate of drug-likeness (QED) is 0.662. The number of hydrogen-bond donors (Lipinski definition) is 1. The molecule has 0 unspecified atom stereocenters. The van der Waals surface area contributed by atoms with Gasteiger partial charge in [-0.1, -0.05) is 31.0 Å². The zero-order valence-electron chi connectivity index (χ0n) is 10.3. The van der Waals surface area contributed by atoms with E-state index in [1.54, 1.807) is 11.8 Å². The van der Waals surface area contributed by atoms with Crippen LogP contribution in [-0.4, -0.2) is 23.1 Å². The van der Waals surface area contributed by atoms with Gasteiger partial charge in [0.05, 0.1) is 11.3 Å². The average Bonchev–Trinajstić information content (AvgIpc) is 2.87. The Morgan fingerprint density at radius 1 is 1.28 bits per heavy atom. The minimum atomic E-state index is -0.143. The number of nitrogens with one attached hydrogen (secondary N) is 1. The summed E-state index contributed by atoms with van der Waals surface area (Å²) < 4.78 is 0. The second-order valence-electron chi connectivity index (χ2n) is 4.77. The Balaban J connectivity index is 1.82. The van der Waals surface area contributed by atoms with Gasteiger partial charge in [0.2, 0.25) is 5.91 Å². The molecule has 18 heavy (non-hydrogen) atoms. The summed E-state index contributed by atoms with van der Waals surface area (Å²) in [6, 6.07) is 9.98. The van der Waals surface area contributed by atoms with E-state index in [1.807, 2.05) is 30.3 Å². The Kier molecular flexibility index (Phi) is 4.95. The highest BCUT2D eigenvalue weighted by molar-refractivity contribution is 8.00. The van der Waals surface area contributed by atoms with Gasteiger partial charge in [-0.2, -0.15) is 0 Å². The minimum absolute atomic E-state index is 0.0893. The van der Waals surface area contributed by atoms with Gasteiger partial charge in [0.25, 0.3) is 0 Å². The van der Waals surface area contributed by atoms with Crippen LogP contribution in [0.2, 0.25) is 0 Å². The number of thioether (sulfide) groups is 1. The van der Waals surface area contributed by atoms with Crippen molar-refractivity contribution < 1.29 is 4.79 Å². The second-order valence-corrected chi connectivity index (χ2v) is 6.09. The standard InChI is InChI=1S/C14H18ClNOS/c15-11-14(8-4-5-9-14)16-13(17)10-18-12-6-2-1-3-7-12/h1-3,6-7H,4-5,8-11H2,(H,16,17). The molecule has 1 aromatic carbocycles. The van der Waals surface area contributed by atoms with Crippen molar-refractivity contribution in [1.29, 1.82) is 0 Å². The van der Waals surface area contributed by atoms with Crippen molar-refractivity contribution in [1.82, 2.24) is 5.32 Å². The number of alkyl halides is 1. The number of rotatable bonds is 5. The normalized spacial score (nSPS) is 17.6. The van der Waals surface area contributed by atoms with Crippen LogP contribution < -0.4 is 5.32 Å². The number of halogens is 1. The average molecular weight is 284 g/mol. The van der Waals surface area contributed by atoms with E-state index < -0.39 is 0 Å². The molecule has 0 saturated heterocycles. The lowest BCUT2D eigenvalue weighted by Gasteiger charge is -2.27. The van der Waals surface area contributed by atoms with Gasteiger partial charge in [-0.05, 0) is 25.0 Å². The molecular weight excluding hydrogens is 266 g/mol. The molecule has 1 aromatic rings. The van der Waals surface area contributed by atoms with Gasteiger partial charge in [-0.25, -0.2) is 0 Å². The molecule has 1 aliphatic carbocycles. The fraction of sp³-hybridized carbons (Fsp3) is 0.500. The van der Waals surface area contributed by atoms with E-state index in [0.29, 0.717) is 11.6 Å². The molecule has 1 N–H and O–H groups in total. The fourth-order valence-electron chi connectivity index (χ4n) is 2.34. The van der Waals surface area contributed by atoms with E-state index in [-0.39, 0.29) is 11.4 Å². The van der Waals surface area contributed by atoms with Crippen LogP contribution in [0.5, 0.6) is 0 Å². The molecule has 0 atom stereocenters. The topological polar surface area (TPSA) is 29.1 Å². The lowest BCUT2D eigenvalue weighted by Crippen LogP contribution is -2.48. The van der Waals surface area contributed by atoms with Gasteiger partial charge < -0.3 is 5.32 Å². The summed E-state index contributed by atoms with van der Waals surface area (Å²) >= 11 is 7.57. The van der Waals surface area contributed by atoms with Crippen molar-refractivity contribution in [3.05, 3.63) is 30.3 Å². The third kappa shape index (κ3) is 3.66. The highest BCUT2D eigenvalue weighted by Gasteiger charge is 2.34. The molecule has 0 radical (unpaired) electrons. The molecule has 98 valence electrons. The minimum Gasteiger partial charge on any atom is -0.349 e. The smallest absolute Gasteiger partial charge is 0.230 e. The number of carbonyl (C=O) groups is 1. The summed E-state index contributed by atoms with van der Waals surface area (Å²) in [6.07, 6.45) is 4.36. The lowest BCUT2D eigenvalue weighted by atomic mass is 10.0. The van der Waals surface area contributed by atoms with Crippen LogP contribution in [0, 0.1) is 0 Å². The maximum atomic E-state index is 11.9. The van der Waals surface area contributed by atoms with Gasteiger partial charge in [-0.15, -0.1) is 23.4 Å². The van der Waals surface area contributed by atoms with E-state index in [0.717, 1.165) is 17.7 Å². The predicted molar refractivity (Wildman–Crippen MR) is 77.2 cm³/mol. The first-order valence-corrected chi connectivity index (χ1v) is 7.81. The summed E-state index contributed by atoms with van der Waals surface area (Å²) in [7, 11) is 0. The predicted octanol–water partition coefficient (Wildman–Crippen LogP) is 3.45. The van der Waals surface area contributed by atoms with E-state index in [4.69, 9.17) is 11.6 Å². The highest BCUT2D eigenvalue weighted by Crippen LogP contribution is 2.31. The first-order valence-electron chi connectivity index (χ1n) is 6.29. The van der Waals surface area contributed by atoms with Gasteiger partial charge >= 0.3 is 0 Å². The second kappa shape index (κ2) is 6.48. The van der Waals surface area contributed by atoms with Crippen molar-refractivity contribution in [3.8, 4) is 0 Å². The maximum Gasteiger partial charge on any atom is 0.230 e. The summed E-state index contributed by atoms with van der Waals surface area (Å²) in [5.74, 6) is 1.07. The Labute approximate surface area is 117 Å². The number of amides is 1. The first-order chi connectivity index (χ1) is 8.74. The maximum absolute atomic E-state index is 11.9. The Bertz CT molecular complexity index is 390. The molecule has 1 fully saturated rings. The van der Waals surface area contributed by atoms with Crippen molar-refractivity contribution >= 4 is 29.3 Å². The van der Waals surface area contributed by atoms with E-state index in [1.165, 1.54) is 12.8 Å². The fourth-order valence-corrected chi connectivity index (χ4v) is 3.39. The highest BCUT2D eigenvalue weighted by atomic mass is 35.5. The molecule has 0 heterocycles. The van der Waals surface area contributed by atoms with Crippen LogP contribution in [0.15, 0.2) is 35.2 Å².